The van der Waals surface area contributed by atoms with Crippen LogP contribution >= 0.6 is 0 Å². The van der Waals surface area contributed by atoms with Gasteiger partial charge < -0.3 is 5.32 Å². The lowest BCUT2D eigenvalue weighted by Crippen LogP contribution is -2.32. The smallest absolute Gasteiger partial charge is 0.255 e. The van der Waals surface area contributed by atoms with Gasteiger partial charge in [0.1, 0.15) is 0 Å². The average molecular weight is 374 g/mol. The fourth-order valence-corrected chi connectivity index (χ4v) is 3.61. The van der Waals surface area contributed by atoms with Crippen LogP contribution in [-0.4, -0.2) is 26.2 Å². The second-order valence-electron chi connectivity index (χ2n) is 6.05. The molecule has 0 aliphatic rings. The molecule has 26 heavy (non-hydrogen) atoms. The summed E-state index contributed by atoms with van der Waals surface area (Å²) in [5.41, 5.74) is 1.16. The number of amides is 1. The summed E-state index contributed by atoms with van der Waals surface area (Å²) in [7, 11) is -3.69. The van der Waals surface area contributed by atoms with Gasteiger partial charge in [-0.2, -0.15) is 0 Å². The molecule has 2 aromatic carbocycles. The second kappa shape index (κ2) is 8.25. The van der Waals surface area contributed by atoms with Crippen molar-refractivity contribution in [2.24, 2.45) is 0 Å². The summed E-state index contributed by atoms with van der Waals surface area (Å²) in [5, 5.41) is 2.68. The van der Waals surface area contributed by atoms with E-state index in [0.717, 1.165) is 0 Å². The van der Waals surface area contributed by atoms with E-state index in [1.165, 1.54) is 31.2 Å². The van der Waals surface area contributed by atoms with Crippen molar-refractivity contribution in [3.8, 4) is 0 Å². The van der Waals surface area contributed by atoms with Crippen LogP contribution in [0.2, 0.25) is 0 Å². The van der Waals surface area contributed by atoms with Crippen molar-refractivity contribution in [3.63, 3.8) is 0 Å². The molecule has 0 aromatic heterocycles. The zero-order valence-electron chi connectivity index (χ0n) is 14.9. The van der Waals surface area contributed by atoms with Gasteiger partial charge in [0.2, 0.25) is 10.0 Å². The van der Waals surface area contributed by atoms with Crippen LogP contribution in [0.3, 0.4) is 0 Å². The number of nitrogens with one attached hydrogen (secondary N) is 2. The third kappa shape index (κ3) is 5.00. The predicted molar refractivity (Wildman–Crippen MR) is 101 cm³/mol. The Kier molecular flexibility index (Phi) is 6.28. The molecule has 0 saturated heterocycles. The van der Waals surface area contributed by atoms with Crippen LogP contribution in [0, 0.1) is 0 Å². The Morgan fingerprint density at radius 1 is 1.04 bits per heavy atom. The summed E-state index contributed by atoms with van der Waals surface area (Å²) < 4.78 is 27.3. The number of ketones is 1. The van der Waals surface area contributed by atoms with E-state index in [0.29, 0.717) is 17.7 Å². The first-order chi connectivity index (χ1) is 12.2. The van der Waals surface area contributed by atoms with Crippen LogP contribution in [0.4, 0.5) is 5.69 Å². The fraction of sp³-hybridized carbons (Fsp3) is 0.263. The van der Waals surface area contributed by atoms with Crippen LogP contribution in [0.25, 0.3) is 0 Å². The van der Waals surface area contributed by atoms with Crippen LogP contribution in [0.1, 0.15) is 47.9 Å². The van der Waals surface area contributed by atoms with Crippen molar-refractivity contribution in [1.82, 2.24) is 4.72 Å². The summed E-state index contributed by atoms with van der Waals surface area (Å²) in [6, 6.07) is 12.2. The van der Waals surface area contributed by atoms with E-state index in [1.807, 2.05) is 6.92 Å². The number of rotatable bonds is 7. The number of carbonyl (C=O) groups is 2. The maximum absolute atomic E-state index is 12.4. The molecule has 1 amide bonds. The maximum Gasteiger partial charge on any atom is 0.255 e. The maximum atomic E-state index is 12.4. The molecular weight excluding hydrogens is 352 g/mol. The van der Waals surface area contributed by atoms with Gasteiger partial charge in [-0.3, -0.25) is 9.59 Å². The lowest BCUT2D eigenvalue weighted by molar-refractivity contribution is 0.101. The Morgan fingerprint density at radius 3 is 2.35 bits per heavy atom. The zero-order chi connectivity index (χ0) is 19.3. The van der Waals surface area contributed by atoms with E-state index in [-0.39, 0.29) is 22.3 Å². The normalized spacial score (nSPS) is 12.4. The highest BCUT2D eigenvalue weighted by Gasteiger charge is 2.18. The molecule has 2 rings (SSSR count). The Labute approximate surface area is 153 Å². The van der Waals surface area contributed by atoms with Gasteiger partial charge in [-0.15, -0.1) is 0 Å². The molecule has 1 unspecified atom stereocenters. The molecule has 138 valence electrons. The van der Waals surface area contributed by atoms with Crippen molar-refractivity contribution in [2.75, 3.05) is 5.32 Å². The van der Waals surface area contributed by atoms with Gasteiger partial charge in [0.25, 0.3) is 5.91 Å². The number of Topliss-reactive ketones (excluding diaryl/α,β-unsaturated/α-hetero) is 1. The van der Waals surface area contributed by atoms with Crippen LogP contribution in [0.15, 0.2) is 53.4 Å². The van der Waals surface area contributed by atoms with Gasteiger partial charge >= 0.3 is 0 Å². The van der Waals surface area contributed by atoms with Gasteiger partial charge in [0.15, 0.2) is 5.78 Å². The molecule has 0 aliphatic heterocycles. The van der Waals surface area contributed by atoms with Gasteiger partial charge in [-0.1, -0.05) is 25.1 Å². The van der Waals surface area contributed by atoms with Crippen molar-refractivity contribution >= 4 is 27.4 Å². The molecular formula is C19H22N2O4S. The summed E-state index contributed by atoms with van der Waals surface area (Å²) >= 11 is 0. The van der Waals surface area contributed by atoms with Gasteiger partial charge in [0.05, 0.1) is 4.90 Å². The van der Waals surface area contributed by atoms with Gasteiger partial charge in [-0.25, -0.2) is 13.1 Å². The van der Waals surface area contributed by atoms with E-state index in [1.54, 1.807) is 31.2 Å². The van der Waals surface area contributed by atoms with E-state index in [9.17, 15) is 18.0 Å². The van der Waals surface area contributed by atoms with Crippen LogP contribution in [-0.2, 0) is 10.0 Å². The minimum absolute atomic E-state index is 0.0305. The molecule has 0 saturated carbocycles. The topological polar surface area (TPSA) is 92.3 Å². The Hall–Kier alpha value is -2.51. The Bertz CT molecular complexity index is 923. The number of sulfonamides is 1. The number of hydrogen-bond donors (Lipinski definition) is 2. The molecule has 0 radical (unpaired) electrons. The fourth-order valence-electron chi connectivity index (χ4n) is 2.24. The summed E-state index contributed by atoms with van der Waals surface area (Å²) in [4.78, 5) is 23.9. The summed E-state index contributed by atoms with van der Waals surface area (Å²) in [6.07, 6.45) is 0.659. The number of anilines is 1. The first kappa shape index (κ1) is 19.8. The van der Waals surface area contributed by atoms with Crippen molar-refractivity contribution in [2.45, 2.75) is 38.1 Å². The van der Waals surface area contributed by atoms with E-state index >= 15 is 0 Å². The average Bonchev–Trinajstić information content (AvgIpc) is 2.61. The highest BCUT2D eigenvalue weighted by Crippen LogP contribution is 2.16. The Morgan fingerprint density at radius 2 is 1.69 bits per heavy atom. The number of carbonyl (C=O) groups excluding carboxylic acids is 2. The third-order valence-corrected chi connectivity index (χ3v) is 5.49. The third-order valence-electron chi connectivity index (χ3n) is 3.90. The minimum atomic E-state index is -3.69. The van der Waals surface area contributed by atoms with Crippen molar-refractivity contribution < 1.29 is 18.0 Å². The standard InChI is InChI=1S/C19H22N2O4S/c1-4-13(2)21-26(24,25)18-10-6-8-16(12-18)19(23)20-17-9-5-7-15(11-17)14(3)22/h5-13,21H,4H2,1-3H3,(H,20,23). The second-order valence-corrected chi connectivity index (χ2v) is 7.76. The van der Waals surface area contributed by atoms with E-state index in [2.05, 4.69) is 10.0 Å². The van der Waals surface area contributed by atoms with Crippen molar-refractivity contribution in [3.05, 3.63) is 59.7 Å². The Balaban J connectivity index is 2.23. The molecule has 6 nitrogen and oxygen atoms in total. The molecule has 0 spiro atoms. The van der Waals surface area contributed by atoms with E-state index in [4.69, 9.17) is 0 Å². The molecule has 2 aromatic rings. The molecule has 2 N–H and O–H groups in total. The van der Waals surface area contributed by atoms with Gasteiger partial charge in [-0.05, 0) is 50.6 Å². The molecule has 7 heteroatoms. The highest BCUT2D eigenvalue weighted by molar-refractivity contribution is 7.89. The number of benzene rings is 2. The number of hydrogen-bond acceptors (Lipinski definition) is 4. The first-order valence-electron chi connectivity index (χ1n) is 8.27. The molecule has 0 fully saturated rings. The monoisotopic (exact) mass is 374 g/mol. The first-order valence-corrected chi connectivity index (χ1v) is 9.76. The highest BCUT2D eigenvalue weighted by atomic mass is 32.2. The predicted octanol–water partition coefficient (Wildman–Crippen LogP) is 3.22. The molecule has 0 aliphatic carbocycles. The zero-order valence-corrected chi connectivity index (χ0v) is 15.8. The lowest BCUT2D eigenvalue weighted by Gasteiger charge is -2.13. The molecule has 1 atom stereocenters. The summed E-state index contributed by atoms with van der Waals surface area (Å²) in [6.45, 7) is 5.10. The largest absolute Gasteiger partial charge is 0.322 e. The molecule has 0 heterocycles. The SMILES string of the molecule is CCC(C)NS(=O)(=O)c1cccc(C(=O)Nc2cccc(C(C)=O)c2)c1. The quantitative estimate of drug-likeness (QED) is 0.728. The van der Waals surface area contributed by atoms with Gasteiger partial charge in [0, 0.05) is 22.9 Å². The van der Waals surface area contributed by atoms with Crippen LogP contribution < -0.4 is 10.0 Å². The van der Waals surface area contributed by atoms with Crippen molar-refractivity contribution in [1.29, 1.82) is 0 Å². The van der Waals surface area contributed by atoms with Crippen LogP contribution in [0.5, 0.6) is 0 Å². The molecule has 0 bridgehead atoms. The minimum Gasteiger partial charge on any atom is -0.322 e. The van der Waals surface area contributed by atoms with E-state index < -0.39 is 15.9 Å². The summed E-state index contributed by atoms with van der Waals surface area (Å²) in [5.74, 6) is -0.559. The lowest BCUT2D eigenvalue weighted by atomic mass is 10.1.